The molecule has 7 nitrogen and oxygen atoms in total. The summed E-state index contributed by atoms with van der Waals surface area (Å²) in [5, 5.41) is 8.83. The molecule has 4 aromatic rings. The van der Waals surface area contributed by atoms with Crippen molar-refractivity contribution in [3.05, 3.63) is 113 Å². The van der Waals surface area contributed by atoms with E-state index in [0.717, 1.165) is 28.2 Å². The summed E-state index contributed by atoms with van der Waals surface area (Å²) in [5.74, 6) is 0.0716. The maximum Gasteiger partial charge on any atom is 0.254 e. The highest BCUT2D eigenvalue weighted by Crippen LogP contribution is 2.20. The summed E-state index contributed by atoms with van der Waals surface area (Å²) in [6.45, 7) is 6.43. The Hall–Kier alpha value is -4.59. The van der Waals surface area contributed by atoms with Crippen molar-refractivity contribution in [2.75, 3.05) is 37.6 Å². The van der Waals surface area contributed by atoms with Crippen LogP contribution >= 0.6 is 0 Å². The van der Waals surface area contributed by atoms with Crippen molar-refractivity contribution in [1.29, 1.82) is 0 Å². The van der Waals surface area contributed by atoms with E-state index in [1.54, 1.807) is 29.2 Å². The molecule has 0 N–H and O–H groups in total. The predicted octanol–water partition coefficient (Wildman–Crippen LogP) is 4.89. The van der Waals surface area contributed by atoms with Gasteiger partial charge in [-0.3, -0.25) is 9.59 Å². The number of nitrogens with zero attached hydrogens (tertiary/aromatic N) is 5. The van der Waals surface area contributed by atoms with Crippen molar-refractivity contribution in [2.24, 2.45) is 0 Å². The number of aryl methyl sites for hydroxylation is 2. The topological polar surface area (TPSA) is 69.6 Å². The zero-order valence-electron chi connectivity index (χ0n) is 22.8. The minimum absolute atomic E-state index is 0.0604. The highest BCUT2D eigenvalue weighted by molar-refractivity contribution is 5.96. The van der Waals surface area contributed by atoms with Gasteiger partial charge in [0, 0.05) is 43.9 Å². The molecule has 1 fully saturated rings. The van der Waals surface area contributed by atoms with Crippen LogP contribution in [-0.2, 0) is 11.3 Å². The summed E-state index contributed by atoms with van der Waals surface area (Å²) >= 11 is 0. The largest absolute Gasteiger partial charge is 0.352 e. The fourth-order valence-electron chi connectivity index (χ4n) is 4.71. The van der Waals surface area contributed by atoms with Crippen LogP contribution in [0.4, 0.5) is 10.2 Å². The molecule has 0 unspecified atom stereocenters. The summed E-state index contributed by atoms with van der Waals surface area (Å²) in [7, 11) is 0. The van der Waals surface area contributed by atoms with Gasteiger partial charge in [-0.05, 0) is 55.8 Å². The Morgan fingerprint density at radius 1 is 0.775 bits per heavy atom. The number of benzene rings is 3. The maximum atomic E-state index is 13.4. The lowest BCUT2D eigenvalue weighted by molar-refractivity contribution is -0.132. The number of hydrogen-bond donors (Lipinski definition) is 0. The summed E-state index contributed by atoms with van der Waals surface area (Å²) < 4.78 is 13.4. The normalized spacial score (nSPS) is 13.3. The molecule has 0 bridgehead atoms. The van der Waals surface area contributed by atoms with E-state index in [4.69, 9.17) is 0 Å². The van der Waals surface area contributed by atoms with Gasteiger partial charge in [0.15, 0.2) is 5.82 Å². The van der Waals surface area contributed by atoms with Gasteiger partial charge in [-0.25, -0.2) is 4.39 Å². The quantitative estimate of drug-likeness (QED) is 0.336. The Labute approximate surface area is 233 Å². The third-order valence-electron chi connectivity index (χ3n) is 7.15. The molecular weight excluding hydrogens is 505 g/mol. The SMILES string of the molecule is Cc1ccc(C(=O)N(CC(=O)N2CCN(c3ccc(-c4ccc(C)cc4)nn3)CC2)Cc2ccc(F)cc2)cc1. The molecule has 0 atom stereocenters. The van der Waals surface area contributed by atoms with Crippen LogP contribution in [0.1, 0.15) is 27.0 Å². The molecule has 1 aliphatic rings. The molecular formula is C32H32FN5O2. The lowest BCUT2D eigenvalue weighted by Gasteiger charge is -2.36. The summed E-state index contributed by atoms with van der Waals surface area (Å²) in [4.78, 5) is 32.2. The molecule has 40 heavy (non-hydrogen) atoms. The van der Waals surface area contributed by atoms with E-state index in [-0.39, 0.29) is 30.7 Å². The Morgan fingerprint density at radius 3 is 2.00 bits per heavy atom. The number of aromatic nitrogens is 2. The molecule has 8 heteroatoms. The minimum atomic E-state index is -0.344. The predicted molar refractivity (Wildman–Crippen MR) is 153 cm³/mol. The first kappa shape index (κ1) is 27.0. The van der Waals surface area contributed by atoms with Crippen molar-refractivity contribution in [3.63, 3.8) is 0 Å². The van der Waals surface area contributed by atoms with Gasteiger partial charge in [-0.2, -0.15) is 0 Å². The summed E-state index contributed by atoms with van der Waals surface area (Å²) in [6, 6.07) is 25.4. The van der Waals surface area contributed by atoms with Gasteiger partial charge in [0.05, 0.1) is 5.69 Å². The van der Waals surface area contributed by atoms with Crippen LogP contribution in [0.15, 0.2) is 84.9 Å². The van der Waals surface area contributed by atoms with Crippen molar-refractivity contribution >= 4 is 17.6 Å². The molecule has 1 aliphatic heterocycles. The number of piperazine rings is 1. The van der Waals surface area contributed by atoms with Crippen LogP contribution in [0.3, 0.4) is 0 Å². The second-order valence-corrected chi connectivity index (χ2v) is 10.2. The molecule has 0 aliphatic carbocycles. The lowest BCUT2D eigenvalue weighted by Crippen LogP contribution is -2.52. The summed E-state index contributed by atoms with van der Waals surface area (Å²) in [5.41, 5.74) is 5.34. The Balaban J connectivity index is 1.22. The van der Waals surface area contributed by atoms with E-state index in [2.05, 4.69) is 27.2 Å². The molecule has 3 aromatic carbocycles. The average Bonchev–Trinajstić information content (AvgIpc) is 2.98. The van der Waals surface area contributed by atoms with Gasteiger partial charge in [0.1, 0.15) is 12.4 Å². The van der Waals surface area contributed by atoms with Crippen LogP contribution in [0.5, 0.6) is 0 Å². The number of rotatable bonds is 7. The van der Waals surface area contributed by atoms with Gasteiger partial charge in [-0.15, -0.1) is 10.2 Å². The van der Waals surface area contributed by atoms with Crippen molar-refractivity contribution in [3.8, 4) is 11.3 Å². The number of hydrogen-bond acceptors (Lipinski definition) is 5. The molecule has 1 saturated heterocycles. The standard InChI is InChI=1S/C32H32FN5O2/c1-23-3-9-26(10-4-23)29-15-16-30(35-34-29)36-17-19-37(20-18-36)31(39)22-38(21-25-7-13-28(33)14-8-25)32(40)27-11-5-24(2)6-12-27/h3-16H,17-22H2,1-2H3. The van der Waals surface area contributed by atoms with Gasteiger partial charge < -0.3 is 14.7 Å². The number of halogens is 1. The minimum Gasteiger partial charge on any atom is -0.352 e. The highest BCUT2D eigenvalue weighted by Gasteiger charge is 2.26. The van der Waals surface area contributed by atoms with Crippen molar-refractivity contribution in [1.82, 2.24) is 20.0 Å². The zero-order valence-corrected chi connectivity index (χ0v) is 22.8. The lowest BCUT2D eigenvalue weighted by atomic mass is 10.1. The maximum absolute atomic E-state index is 13.4. The first-order valence-electron chi connectivity index (χ1n) is 13.4. The molecule has 2 heterocycles. The zero-order chi connectivity index (χ0) is 28.1. The first-order chi connectivity index (χ1) is 19.4. The van der Waals surface area contributed by atoms with Crippen LogP contribution in [-0.4, -0.2) is 64.5 Å². The molecule has 5 rings (SSSR count). The van der Waals surface area contributed by atoms with Gasteiger partial charge in [-0.1, -0.05) is 59.7 Å². The third kappa shape index (κ3) is 6.51. The molecule has 204 valence electrons. The monoisotopic (exact) mass is 537 g/mol. The molecule has 1 aromatic heterocycles. The fourth-order valence-corrected chi connectivity index (χ4v) is 4.71. The van der Waals surface area contributed by atoms with Crippen molar-refractivity contribution < 1.29 is 14.0 Å². The van der Waals surface area contributed by atoms with Gasteiger partial charge in [0.25, 0.3) is 5.91 Å². The van der Waals surface area contributed by atoms with Gasteiger partial charge in [0.2, 0.25) is 5.91 Å². The third-order valence-corrected chi connectivity index (χ3v) is 7.15. The van der Waals surface area contributed by atoms with Crippen LogP contribution in [0.25, 0.3) is 11.3 Å². The van der Waals surface area contributed by atoms with E-state index in [9.17, 15) is 14.0 Å². The van der Waals surface area contributed by atoms with Crippen molar-refractivity contribution in [2.45, 2.75) is 20.4 Å². The number of carbonyl (C=O) groups excluding carboxylic acids is 2. The second-order valence-electron chi connectivity index (χ2n) is 10.2. The van der Waals surface area contributed by atoms with Crippen LogP contribution in [0, 0.1) is 19.7 Å². The second kappa shape index (κ2) is 12.1. The summed E-state index contributed by atoms with van der Waals surface area (Å²) in [6.07, 6.45) is 0. The molecule has 0 saturated carbocycles. The van der Waals surface area contributed by atoms with E-state index in [1.807, 2.05) is 50.2 Å². The Kier molecular flexibility index (Phi) is 8.15. The van der Waals surface area contributed by atoms with E-state index in [0.29, 0.717) is 31.7 Å². The van der Waals surface area contributed by atoms with Gasteiger partial charge >= 0.3 is 0 Å². The molecule has 2 amide bonds. The highest BCUT2D eigenvalue weighted by atomic mass is 19.1. The first-order valence-corrected chi connectivity index (χ1v) is 13.4. The van der Waals surface area contributed by atoms with Crippen LogP contribution in [0.2, 0.25) is 0 Å². The number of anilines is 1. The van der Waals surface area contributed by atoms with Crippen LogP contribution < -0.4 is 4.90 Å². The molecule has 0 spiro atoms. The number of carbonyl (C=O) groups is 2. The molecule has 0 radical (unpaired) electrons. The fraction of sp³-hybridized carbons (Fsp3) is 0.250. The Bertz CT molecular complexity index is 1450. The van der Waals surface area contributed by atoms with E-state index < -0.39 is 0 Å². The Morgan fingerprint density at radius 2 is 1.40 bits per heavy atom. The van der Waals surface area contributed by atoms with E-state index in [1.165, 1.54) is 22.6 Å². The van der Waals surface area contributed by atoms with E-state index >= 15 is 0 Å². The number of amides is 2. The average molecular weight is 538 g/mol. The smallest absolute Gasteiger partial charge is 0.254 e.